The molecule has 0 aliphatic rings. The quantitative estimate of drug-likeness (QED) is 0.479. The summed E-state index contributed by atoms with van der Waals surface area (Å²) >= 11 is 6.00. The summed E-state index contributed by atoms with van der Waals surface area (Å²) in [6.45, 7) is 5.44. The van der Waals surface area contributed by atoms with Crippen molar-refractivity contribution < 1.29 is 23.4 Å². The van der Waals surface area contributed by atoms with Gasteiger partial charge in [-0.1, -0.05) is 11.6 Å². The van der Waals surface area contributed by atoms with E-state index in [-0.39, 0.29) is 40.0 Å². The average Bonchev–Trinajstić information content (AvgIpc) is 3.23. The van der Waals surface area contributed by atoms with Crippen LogP contribution in [0.15, 0.2) is 18.3 Å². The number of aromatic nitrogens is 4. The van der Waals surface area contributed by atoms with Gasteiger partial charge in [0, 0.05) is 18.8 Å². The number of aromatic amines is 1. The Kier molecular flexibility index (Phi) is 6.56. The van der Waals surface area contributed by atoms with Crippen LogP contribution in [0.25, 0.3) is 11.3 Å². The van der Waals surface area contributed by atoms with E-state index in [0.717, 1.165) is 6.07 Å². The largest absolute Gasteiger partial charge is 0.489 e. The fraction of sp³-hybridized carbons (Fsp3) is 0.381. The molecule has 1 unspecified atom stereocenters. The predicted octanol–water partition coefficient (Wildman–Crippen LogP) is 4.34. The molecule has 1 aromatic carbocycles. The van der Waals surface area contributed by atoms with Crippen molar-refractivity contribution in [2.24, 2.45) is 7.05 Å². The first-order valence-electron chi connectivity index (χ1n) is 9.76. The normalized spacial score (nSPS) is 12.7. The number of imidazole rings is 1. The molecule has 8 nitrogen and oxygen atoms in total. The Hall–Kier alpha value is -2.98. The number of H-pyrrole nitrogens is 1. The van der Waals surface area contributed by atoms with Crippen molar-refractivity contribution in [3.8, 4) is 17.0 Å². The van der Waals surface area contributed by atoms with Crippen LogP contribution in [0.2, 0.25) is 5.15 Å². The van der Waals surface area contributed by atoms with E-state index in [1.54, 1.807) is 18.5 Å². The van der Waals surface area contributed by atoms with Crippen molar-refractivity contribution in [1.82, 2.24) is 19.7 Å². The zero-order valence-corrected chi connectivity index (χ0v) is 19.0. The van der Waals surface area contributed by atoms with Gasteiger partial charge in [-0.3, -0.25) is 9.89 Å². The van der Waals surface area contributed by atoms with Crippen LogP contribution in [0, 0.1) is 12.7 Å². The predicted molar refractivity (Wildman–Crippen MR) is 116 cm³/mol. The molecule has 32 heavy (non-hydrogen) atoms. The van der Waals surface area contributed by atoms with E-state index in [9.17, 15) is 14.3 Å². The van der Waals surface area contributed by atoms with Gasteiger partial charge >= 0.3 is 0 Å². The number of anilines is 1. The zero-order valence-electron chi connectivity index (χ0n) is 18.3. The lowest BCUT2D eigenvalue weighted by Crippen LogP contribution is -2.24. The standard InChI is InChI=1S/C21H24ClF2N5O3/c1-10-17(18(22)28-27-10)26-20(31)13-6-14(23)12(7-16(13)32-9-21(3,4)24)15-8-29(5)19(25-15)11(2)30/h6-8,11,30H,9H2,1-5H3,(H,26,31)(H,27,28). The monoisotopic (exact) mass is 467 g/mol. The molecule has 172 valence electrons. The van der Waals surface area contributed by atoms with Crippen LogP contribution >= 0.6 is 11.6 Å². The van der Waals surface area contributed by atoms with Crippen LogP contribution in [0.3, 0.4) is 0 Å². The molecule has 1 atom stereocenters. The van der Waals surface area contributed by atoms with Gasteiger partial charge in [-0.25, -0.2) is 13.8 Å². The second-order valence-corrected chi connectivity index (χ2v) is 8.44. The third-order valence-corrected chi connectivity index (χ3v) is 4.86. The first kappa shape index (κ1) is 23.7. The highest BCUT2D eigenvalue weighted by molar-refractivity contribution is 6.33. The topological polar surface area (TPSA) is 105 Å². The van der Waals surface area contributed by atoms with Gasteiger partial charge in [0.25, 0.3) is 5.91 Å². The summed E-state index contributed by atoms with van der Waals surface area (Å²) in [6, 6.07) is 2.28. The number of nitrogens with one attached hydrogen (secondary N) is 2. The smallest absolute Gasteiger partial charge is 0.259 e. The van der Waals surface area contributed by atoms with E-state index in [1.807, 2.05) is 0 Å². The first-order chi connectivity index (χ1) is 14.9. The highest BCUT2D eigenvalue weighted by Gasteiger charge is 2.24. The molecule has 0 saturated heterocycles. The summed E-state index contributed by atoms with van der Waals surface area (Å²) in [6.07, 6.45) is 0.672. The number of nitrogens with zero attached hydrogens (tertiary/aromatic N) is 3. The SMILES string of the molecule is Cc1n[nH]c(Cl)c1NC(=O)c1cc(F)c(-c2cn(C)c(C(C)O)n2)cc1OCC(C)(C)F. The van der Waals surface area contributed by atoms with Gasteiger partial charge in [0.1, 0.15) is 46.6 Å². The lowest BCUT2D eigenvalue weighted by molar-refractivity contribution is 0.0999. The number of hydrogen-bond donors (Lipinski definition) is 3. The van der Waals surface area contributed by atoms with Crippen molar-refractivity contribution in [3.05, 3.63) is 46.4 Å². The van der Waals surface area contributed by atoms with Gasteiger partial charge in [0.2, 0.25) is 0 Å². The van der Waals surface area contributed by atoms with Crippen molar-refractivity contribution >= 4 is 23.2 Å². The number of carbonyl (C=O) groups is 1. The maximum absolute atomic E-state index is 15.1. The van der Waals surface area contributed by atoms with Gasteiger partial charge in [-0.15, -0.1) is 0 Å². The Morgan fingerprint density at radius 2 is 2.12 bits per heavy atom. The summed E-state index contributed by atoms with van der Waals surface area (Å²) in [5.74, 6) is -1.16. The van der Waals surface area contributed by atoms with Crippen molar-refractivity contribution in [1.29, 1.82) is 0 Å². The Morgan fingerprint density at radius 3 is 2.66 bits per heavy atom. The highest BCUT2D eigenvalue weighted by atomic mass is 35.5. The summed E-state index contributed by atoms with van der Waals surface area (Å²) in [5.41, 5.74) is -0.911. The number of aryl methyl sites for hydroxylation is 2. The summed E-state index contributed by atoms with van der Waals surface area (Å²) in [4.78, 5) is 17.2. The molecule has 0 radical (unpaired) electrons. The average molecular weight is 468 g/mol. The molecular weight excluding hydrogens is 444 g/mol. The van der Waals surface area contributed by atoms with Crippen LogP contribution in [0.5, 0.6) is 5.75 Å². The lowest BCUT2D eigenvalue weighted by Gasteiger charge is -2.18. The molecule has 0 saturated carbocycles. The Balaban J connectivity index is 2.05. The van der Waals surface area contributed by atoms with Gasteiger partial charge in [0.15, 0.2) is 0 Å². The fourth-order valence-electron chi connectivity index (χ4n) is 3.02. The number of hydrogen-bond acceptors (Lipinski definition) is 5. The number of aliphatic hydroxyl groups is 1. The number of carbonyl (C=O) groups excluding carboxylic acids is 1. The second kappa shape index (κ2) is 8.87. The van der Waals surface area contributed by atoms with Crippen LogP contribution in [-0.4, -0.2) is 43.0 Å². The molecule has 2 heterocycles. The van der Waals surface area contributed by atoms with Crippen LogP contribution in [0.1, 0.15) is 48.8 Å². The van der Waals surface area contributed by atoms with E-state index in [1.165, 1.54) is 33.0 Å². The Bertz CT molecular complexity index is 1130. The maximum atomic E-state index is 15.1. The van der Waals surface area contributed by atoms with E-state index in [2.05, 4.69) is 20.5 Å². The minimum absolute atomic E-state index is 0.0354. The van der Waals surface area contributed by atoms with Gasteiger partial charge in [-0.2, -0.15) is 5.10 Å². The molecule has 0 aliphatic carbocycles. The summed E-state index contributed by atoms with van der Waals surface area (Å²) < 4.78 is 36.3. The summed E-state index contributed by atoms with van der Waals surface area (Å²) in [5, 5.41) is 18.9. The van der Waals surface area contributed by atoms with Crippen molar-refractivity contribution in [2.45, 2.75) is 39.5 Å². The van der Waals surface area contributed by atoms with Crippen LogP contribution < -0.4 is 10.1 Å². The molecule has 0 bridgehead atoms. The van der Waals surface area contributed by atoms with Crippen molar-refractivity contribution in [2.75, 3.05) is 11.9 Å². The number of benzene rings is 1. The van der Waals surface area contributed by atoms with Gasteiger partial charge in [-0.05, 0) is 39.8 Å². The first-order valence-corrected chi connectivity index (χ1v) is 10.1. The number of alkyl halides is 1. The minimum Gasteiger partial charge on any atom is -0.489 e. The molecule has 3 N–H and O–H groups in total. The highest BCUT2D eigenvalue weighted by Crippen LogP contribution is 2.33. The van der Waals surface area contributed by atoms with Crippen molar-refractivity contribution in [3.63, 3.8) is 0 Å². The molecule has 0 fully saturated rings. The fourth-order valence-corrected chi connectivity index (χ4v) is 3.25. The third-order valence-electron chi connectivity index (χ3n) is 4.59. The Morgan fingerprint density at radius 1 is 1.44 bits per heavy atom. The Labute approximate surface area is 188 Å². The van der Waals surface area contributed by atoms with Gasteiger partial charge in [0.05, 0.1) is 17.0 Å². The molecular formula is C21H24ClF2N5O3. The van der Waals surface area contributed by atoms with Crippen LogP contribution in [0.4, 0.5) is 14.5 Å². The second-order valence-electron chi connectivity index (χ2n) is 8.06. The molecule has 0 spiro atoms. The van der Waals surface area contributed by atoms with Gasteiger partial charge < -0.3 is 19.7 Å². The lowest BCUT2D eigenvalue weighted by atomic mass is 10.1. The number of rotatable bonds is 7. The molecule has 3 aromatic rings. The number of aliphatic hydroxyl groups excluding tert-OH is 1. The molecule has 0 aliphatic heterocycles. The number of halogens is 3. The number of amides is 1. The maximum Gasteiger partial charge on any atom is 0.259 e. The molecule has 3 rings (SSSR count). The molecule has 1 amide bonds. The van der Waals surface area contributed by atoms with E-state index in [0.29, 0.717) is 11.5 Å². The third kappa shape index (κ3) is 5.08. The number of ether oxygens (including phenoxy) is 1. The molecule has 2 aromatic heterocycles. The van der Waals surface area contributed by atoms with E-state index >= 15 is 4.39 Å². The summed E-state index contributed by atoms with van der Waals surface area (Å²) in [7, 11) is 1.66. The van der Waals surface area contributed by atoms with E-state index in [4.69, 9.17) is 16.3 Å². The molecule has 11 heteroatoms. The zero-order chi connectivity index (χ0) is 23.8. The van der Waals surface area contributed by atoms with Crippen LogP contribution in [-0.2, 0) is 7.05 Å². The minimum atomic E-state index is -1.70. The van der Waals surface area contributed by atoms with E-state index < -0.39 is 23.5 Å².